The summed E-state index contributed by atoms with van der Waals surface area (Å²) in [5, 5.41) is 73.0. The highest BCUT2D eigenvalue weighted by atomic mass is 16.8. The van der Waals surface area contributed by atoms with Crippen molar-refractivity contribution < 1.29 is 20.0 Å². The van der Waals surface area contributed by atoms with E-state index in [2.05, 4.69) is 42.5 Å². The normalized spacial score (nSPS) is 23.1. The van der Waals surface area contributed by atoms with Crippen molar-refractivity contribution in [2.75, 3.05) is 105 Å². The van der Waals surface area contributed by atoms with E-state index in [1.807, 2.05) is 0 Å². The summed E-state index contributed by atoms with van der Waals surface area (Å²) < 4.78 is 0. The zero-order chi connectivity index (χ0) is 29.1. The number of hydrogen-bond acceptors (Lipinski definition) is 14. The summed E-state index contributed by atoms with van der Waals surface area (Å²) in [6.07, 6.45) is 1.00. The number of nitro groups is 2. The predicted octanol–water partition coefficient (Wildman–Crippen LogP) is -3.34. The molecule has 0 amide bonds. The highest BCUT2D eigenvalue weighted by Gasteiger charge is 2.51. The summed E-state index contributed by atoms with van der Waals surface area (Å²) in [6.45, 7) is 7.21. The Morgan fingerprint density at radius 3 is 1.05 bits per heavy atom. The van der Waals surface area contributed by atoms with Crippen molar-refractivity contribution in [2.24, 2.45) is 0 Å². The minimum absolute atomic E-state index is 0.0846. The van der Waals surface area contributed by atoms with E-state index in [1.165, 1.54) is 0 Å². The van der Waals surface area contributed by atoms with E-state index in [0.717, 1.165) is 39.0 Å². The summed E-state index contributed by atoms with van der Waals surface area (Å²) in [5.74, 6) is 0. The average Bonchev–Trinajstić information content (AvgIpc) is 2.91. The van der Waals surface area contributed by atoms with Gasteiger partial charge in [-0.2, -0.15) is 0 Å². The lowest BCUT2D eigenvalue weighted by atomic mass is 9.85. The number of nitrogens with zero attached hydrogens (tertiary/aromatic N) is 3. The lowest BCUT2D eigenvalue weighted by Crippen LogP contribution is -2.60. The Morgan fingerprint density at radius 1 is 0.525 bits per heavy atom. The third-order valence-electron chi connectivity index (χ3n) is 7.26. The van der Waals surface area contributed by atoms with Crippen LogP contribution in [0.3, 0.4) is 0 Å². The number of nitrogens with one attached hydrogen (secondary N) is 8. The topological polar surface area (TPSA) is 229 Å². The molecule has 0 spiro atoms. The van der Waals surface area contributed by atoms with Gasteiger partial charge in [0.2, 0.25) is 5.71 Å². The highest BCUT2D eigenvalue weighted by Crippen LogP contribution is 2.22. The number of hydrogen-bond donors (Lipinski definition) is 9. The maximum Gasteiger partial charge on any atom is 0.256 e. The van der Waals surface area contributed by atoms with Crippen molar-refractivity contribution in [2.45, 2.75) is 36.8 Å². The Kier molecular flexibility index (Phi) is 16.1. The fourth-order valence-corrected chi connectivity index (χ4v) is 4.89. The molecule has 2 aliphatic rings. The molecule has 2 aliphatic heterocycles. The third kappa shape index (κ3) is 12.1. The van der Waals surface area contributed by atoms with Crippen molar-refractivity contribution in [3.8, 4) is 0 Å². The van der Waals surface area contributed by atoms with Gasteiger partial charge in [0.1, 0.15) is 12.8 Å². The van der Waals surface area contributed by atoms with Gasteiger partial charge in [-0.25, -0.2) is 0 Å². The standard InChI is InChI=1S/C23H49N11O6/c35-32(36)21(15-22(33(37)38)17-28-11-7-24-3-1-4-25-8-12-29-18-22)16-23(34(39)40)19-30-13-9-26-5-2-6-27-10-14-31-20-23/h24-31H,1-20H2,(H,35,36). The molecule has 0 atom stereocenters. The summed E-state index contributed by atoms with van der Waals surface area (Å²) in [5.41, 5.74) is -3.73. The Labute approximate surface area is 235 Å². The molecular formula is C23H49N11O6. The zero-order valence-corrected chi connectivity index (χ0v) is 23.5. The molecule has 0 aromatic rings. The first-order chi connectivity index (χ1) is 19.3. The Bertz CT molecular complexity index is 700. The molecule has 2 saturated heterocycles. The Hall–Kier alpha value is -2.25. The van der Waals surface area contributed by atoms with Crippen LogP contribution in [0.4, 0.5) is 0 Å². The van der Waals surface area contributed by atoms with Crippen LogP contribution < -0.4 is 42.5 Å². The van der Waals surface area contributed by atoms with E-state index in [9.17, 15) is 30.6 Å². The molecule has 40 heavy (non-hydrogen) atoms. The van der Waals surface area contributed by atoms with Gasteiger partial charge in [-0.3, -0.25) is 25.4 Å². The van der Waals surface area contributed by atoms with Crippen LogP contribution in [-0.4, -0.2) is 141 Å². The van der Waals surface area contributed by atoms with Gasteiger partial charge in [-0.1, -0.05) is 0 Å². The molecule has 0 bridgehead atoms. The van der Waals surface area contributed by atoms with Crippen LogP contribution >= 0.6 is 0 Å². The molecule has 2 fully saturated rings. The zero-order valence-electron chi connectivity index (χ0n) is 23.5. The van der Waals surface area contributed by atoms with Crippen molar-refractivity contribution >= 4 is 5.71 Å². The van der Waals surface area contributed by atoms with E-state index in [4.69, 9.17) is 0 Å². The van der Waals surface area contributed by atoms with Crippen molar-refractivity contribution in [3.05, 3.63) is 25.4 Å². The van der Waals surface area contributed by atoms with Crippen LogP contribution in [0, 0.1) is 25.4 Å². The van der Waals surface area contributed by atoms with Crippen LogP contribution in [0.25, 0.3) is 0 Å². The highest BCUT2D eigenvalue weighted by molar-refractivity contribution is 5.81. The molecule has 232 valence electrons. The van der Waals surface area contributed by atoms with E-state index in [1.54, 1.807) is 0 Å². The molecule has 0 unspecified atom stereocenters. The molecule has 17 heteroatoms. The van der Waals surface area contributed by atoms with Crippen LogP contribution in [0.5, 0.6) is 0 Å². The van der Waals surface area contributed by atoms with Gasteiger partial charge in [0.25, 0.3) is 11.1 Å². The van der Waals surface area contributed by atoms with Gasteiger partial charge in [0.05, 0.1) is 26.2 Å². The SMILES string of the molecule is O=[N+]([O-])C1(CC(CC2([N+](=O)[O-])CNCCNCCCNCCNC2)=[N+]([O-])O)CNCCNCCCNCCNC1. The number of rotatable bonds is 6. The van der Waals surface area contributed by atoms with Gasteiger partial charge in [-0.15, -0.1) is 0 Å². The maximum atomic E-state index is 12.5. The van der Waals surface area contributed by atoms with Crippen molar-refractivity contribution in [1.82, 2.24) is 42.5 Å². The van der Waals surface area contributed by atoms with Crippen LogP contribution in [0.1, 0.15) is 25.7 Å². The first-order valence-electron chi connectivity index (χ1n) is 14.3. The molecule has 0 saturated carbocycles. The molecule has 0 aromatic carbocycles. The van der Waals surface area contributed by atoms with Gasteiger partial charge in [0.15, 0.2) is 0 Å². The minimum atomic E-state index is -1.71. The van der Waals surface area contributed by atoms with E-state index >= 15 is 0 Å². The third-order valence-corrected chi connectivity index (χ3v) is 7.26. The second kappa shape index (κ2) is 19.0. The first-order valence-corrected chi connectivity index (χ1v) is 14.3. The predicted molar refractivity (Wildman–Crippen MR) is 151 cm³/mol. The molecule has 0 aliphatic carbocycles. The van der Waals surface area contributed by atoms with E-state index in [0.29, 0.717) is 52.4 Å². The van der Waals surface area contributed by atoms with Crippen molar-refractivity contribution in [3.63, 3.8) is 0 Å². The molecule has 2 heterocycles. The monoisotopic (exact) mass is 575 g/mol. The summed E-state index contributed by atoms with van der Waals surface area (Å²) in [4.78, 5) is 23.7. The lowest BCUT2D eigenvalue weighted by Gasteiger charge is -2.29. The van der Waals surface area contributed by atoms with Gasteiger partial charge in [0, 0.05) is 67.1 Å². The van der Waals surface area contributed by atoms with Crippen LogP contribution in [-0.2, 0) is 0 Å². The van der Waals surface area contributed by atoms with Gasteiger partial charge >= 0.3 is 0 Å². The fraction of sp³-hybridized carbons (Fsp3) is 0.957. The van der Waals surface area contributed by atoms with Crippen LogP contribution in [0.15, 0.2) is 0 Å². The largest absolute Gasteiger partial charge is 0.418 e. The second-order valence-electron chi connectivity index (χ2n) is 10.6. The Morgan fingerprint density at radius 2 is 0.800 bits per heavy atom. The minimum Gasteiger partial charge on any atom is -0.418 e. The molecular weight excluding hydrogens is 526 g/mol. The molecule has 9 N–H and O–H groups in total. The summed E-state index contributed by atoms with van der Waals surface area (Å²) in [7, 11) is 0. The second-order valence-corrected chi connectivity index (χ2v) is 10.6. The average molecular weight is 576 g/mol. The molecule has 2 rings (SSSR count). The summed E-state index contributed by atoms with van der Waals surface area (Å²) >= 11 is 0. The quantitative estimate of drug-likeness (QED) is 0.0496. The van der Waals surface area contributed by atoms with Gasteiger partial charge < -0.3 is 47.7 Å². The van der Waals surface area contributed by atoms with Crippen molar-refractivity contribution in [1.29, 1.82) is 0 Å². The first kappa shape index (κ1) is 34.0. The van der Waals surface area contributed by atoms with E-state index in [-0.39, 0.29) is 31.9 Å². The van der Waals surface area contributed by atoms with Crippen LogP contribution in [0.2, 0.25) is 0 Å². The molecule has 0 aromatic heterocycles. The summed E-state index contributed by atoms with van der Waals surface area (Å²) in [6, 6.07) is 0. The van der Waals surface area contributed by atoms with E-state index < -0.39 is 38.7 Å². The maximum absolute atomic E-state index is 12.5. The Balaban J connectivity index is 2.27. The molecule has 17 nitrogen and oxygen atoms in total. The fourth-order valence-electron chi connectivity index (χ4n) is 4.89. The lowest BCUT2D eigenvalue weighted by molar-refractivity contribution is -0.729. The molecule has 0 radical (unpaired) electrons. The van der Waals surface area contributed by atoms with Gasteiger partial charge in [-0.05, 0) is 39.0 Å². The smallest absolute Gasteiger partial charge is 0.256 e.